The van der Waals surface area contributed by atoms with E-state index in [0.29, 0.717) is 40.1 Å². The zero-order valence-corrected chi connectivity index (χ0v) is 23.5. The lowest BCUT2D eigenvalue weighted by Crippen LogP contribution is -2.33. The minimum Gasteiger partial charge on any atom is -0.497 e. The van der Waals surface area contributed by atoms with E-state index in [1.165, 1.54) is 11.0 Å². The molecule has 0 fully saturated rings. The smallest absolute Gasteiger partial charge is 0.278 e. The summed E-state index contributed by atoms with van der Waals surface area (Å²) in [5.74, 6) is -0.565. The van der Waals surface area contributed by atoms with Gasteiger partial charge in [0.25, 0.3) is 17.7 Å². The van der Waals surface area contributed by atoms with Gasteiger partial charge in [-0.25, -0.2) is 0 Å². The van der Waals surface area contributed by atoms with Gasteiger partial charge in [-0.2, -0.15) is 0 Å². The van der Waals surface area contributed by atoms with Crippen LogP contribution in [0.15, 0.2) is 82.2 Å². The van der Waals surface area contributed by atoms with Gasteiger partial charge in [0, 0.05) is 41.6 Å². The largest absolute Gasteiger partial charge is 0.497 e. The molecular formula is C28H25Cl2N3O5S. The number of methoxy groups -OCH3 is 2. The number of anilines is 2. The van der Waals surface area contributed by atoms with Gasteiger partial charge in [0.05, 0.1) is 17.7 Å². The predicted molar refractivity (Wildman–Crippen MR) is 154 cm³/mol. The van der Waals surface area contributed by atoms with Crippen LogP contribution in [-0.4, -0.2) is 50.0 Å². The Hall–Kier alpha value is -3.50. The quantitative estimate of drug-likeness (QED) is 0.208. The maximum Gasteiger partial charge on any atom is 0.278 e. The van der Waals surface area contributed by atoms with E-state index in [1.54, 1.807) is 74.9 Å². The highest BCUT2D eigenvalue weighted by Gasteiger charge is 2.38. The number of thioether (sulfide) groups is 1. The lowest BCUT2D eigenvalue weighted by atomic mass is 10.2. The van der Waals surface area contributed by atoms with Crippen molar-refractivity contribution in [1.82, 2.24) is 4.90 Å². The first-order valence-electron chi connectivity index (χ1n) is 11.9. The molecule has 0 radical (unpaired) electrons. The van der Waals surface area contributed by atoms with Crippen LogP contribution in [0.4, 0.5) is 11.4 Å². The Labute approximate surface area is 240 Å². The highest BCUT2D eigenvalue weighted by Crippen LogP contribution is 2.37. The third-order valence-corrected chi connectivity index (χ3v) is 7.32. The molecule has 0 unspecified atom stereocenters. The van der Waals surface area contributed by atoms with E-state index < -0.39 is 17.7 Å². The maximum atomic E-state index is 13.4. The van der Waals surface area contributed by atoms with Crippen molar-refractivity contribution < 1.29 is 23.9 Å². The Balaban J connectivity index is 1.58. The average molecular weight is 586 g/mol. The van der Waals surface area contributed by atoms with Gasteiger partial charge in [-0.1, -0.05) is 41.0 Å². The Morgan fingerprint density at radius 1 is 0.949 bits per heavy atom. The van der Waals surface area contributed by atoms with Crippen LogP contribution in [0.25, 0.3) is 0 Å². The molecule has 0 atom stereocenters. The highest BCUT2D eigenvalue weighted by molar-refractivity contribution is 8.04. The van der Waals surface area contributed by atoms with Gasteiger partial charge in [-0.3, -0.25) is 19.3 Å². The van der Waals surface area contributed by atoms with Gasteiger partial charge in [-0.15, -0.1) is 0 Å². The Morgan fingerprint density at radius 2 is 1.72 bits per heavy atom. The van der Waals surface area contributed by atoms with Gasteiger partial charge in [0.15, 0.2) is 0 Å². The molecule has 2 N–H and O–H groups in total. The van der Waals surface area contributed by atoms with Crippen LogP contribution >= 0.6 is 35.0 Å². The van der Waals surface area contributed by atoms with Crippen molar-refractivity contribution in [2.75, 3.05) is 38.0 Å². The fourth-order valence-electron chi connectivity index (χ4n) is 3.77. The van der Waals surface area contributed by atoms with E-state index in [4.69, 9.17) is 32.7 Å². The molecule has 3 aromatic rings. The summed E-state index contributed by atoms with van der Waals surface area (Å²) >= 11 is 13.2. The molecule has 0 aliphatic carbocycles. The summed E-state index contributed by atoms with van der Waals surface area (Å²) in [5.41, 5.74) is 1.57. The summed E-state index contributed by atoms with van der Waals surface area (Å²) in [6.07, 6.45) is 0.510. The topological polar surface area (TPSA) is 97.0 Å². The number of nitrogens with zero attached hydrogens (tertiary/aromatic N) is 1. The number of amides is 3. The summed E-state index contributed by atoms with van der Waals surface area (Å²) in [7, 11) is 3.13. The molecule has 0 aromatic heterocycles. The number of rotatable bonds is 11. The first-order valence-corrected chi connectivity index (χ1v) is 13.4. The minimum absolute atomic E-state index is 0.176. The molecule has 4 rings (SSSR count). The molecule has 39 heavy (non-hydrogen) atoms. The number of ether oxygens (including phenoxy) is 2. The molecule has 11 heteroatoms. The summed E-state index contributed by atoms with van der Waals surface area (Å²) in [6, 6.07) is 18.6. The molecule has 8 nitrogen and oxygen atoms in total. The second-order valence-electron chi connectivity index (χ2n) is 8.37. The van der Waals surface area contributed by atoms with E-state index in [0.717, 1.165) is 11.8 Å². The summed E-state index contributed by atoms with van der Waals surface area (Å²) in [4.78, 5) is 41.5. The molecule has 0 saturated carbocycles. The predicted octanol–water partition coefficient (Wildman–Crippen LogP) is 6.08. The Bertz CT molecular complexity index is 1430. The Kier molecular flexibility index (Phi) is 9.53. The number of halogens is 2. The van der Waals surface area contributed by atoms with Crippen LogP contribution in [0.3, 0.4) is 0 Å². The fourth-order valence-corrected chi connectivity index (χ4v) is 5.28. The molecule has 0 bridgehead atoms. The highest BCUT2D eigenvalue weighted by atomic mass is 35.5. The van der Waals surface area contributed by atoms with Crippen molar-refractivity contribution in [3.05, 3.63) is 92.9 Å². The third kappa shape index (κ3) is 6.93. The van der Waals surface area contributed by atoms with Gasteiger partial charge in [0.2, 0.25) is 0 Å². The molecule has 1 heterocycles. The lowest BCUT2D eigenvalue weighted by Gasteiger charge is -2.14. The normalized spacial score (nSPS) is 13.2. The van der Waals surface area contributed by atoms with Crippen molar-refractivity contribution in [2.24, 2.45) is 0 Å². The zero-order chi connectivity index (χ0) is 27.9. The van der Waals surface area contributed by atoms with Crippen molar-refractivity contribution in [3.8, 4) is 5.75 Å². The van der Waals surface area contributed by atoms with Gasteiger partial charge >= 0.3 is 0 Å². The van der Waals surface area contributed by atoms with E-state index in [2.05, 4.69) is 10.6 Å². The minimum atomic E-state index is -0.420. The molecular weight excluding hydrogens is 561 g/mol. The number of hydrogen-bond donors (Lipinski definition) is 2. The second-order valence-corrected chi connectivity index (χ2v) is 10.3. The molecule has 3 aromatic carbocycles. The van der Waals surface area contributed by atoms with E-state index in [1.807, 2.05) is 0 Å². The molecule has 1 aliphatic heterocycles. The van der Waals surface area contributed by atoms with Gasteiger partial charge in [0.1, 0.15) is 16.4 Å². The molecule has 202 valence electrons. The van der Waals surface area contributed by atoms with Crippen LogP contribution < -0.4 is 15.4 Å². The maximum absolute atomic E-state index is 13.4. The number of benzene rings is 3. The van der Waals surface area contributed by atoms with Crippen molar-refractivity contribution >= 4 is 64.1 Å². The van der Waals surface area contributed by atoms with E-state index >= 15 is 0 Å². The third-order valence-electron chi connectivity index (χ3n) is 5.70. The first-order chi connectivity index (χ1) is 18.8. The van der Waals surface area contributed by atoms with Crippen LogP contribution in [-0.2, 0) is 14.3 Å². The van der Waals surface area contributed by atoms with Gasteiger partial charge in [-0.05, 0) is 67.1 Å². The summed E-state index contributed by atoms with van der Waals surface area (Å²) in [5, 5.41) is 6.57. The average Bonchev–Trinajstić information content (AvgIpc) is 3.13. The first kappa shape index (κ1) is 28.5. The number of carbonyl (C=O) groups is 3. The molecule has 0 spiro atoms. The number of nitrogens with one attached hydrogen (secondary N) is 2. The number of hydrogen-bond acceptors (Lipinski definition) is 7. The number of imide groups is 1. The van der Waals surface area contributed by atoms with E-state index in [-0.39, 0.29) is 27.7 Å². The van der Waals surface area contributed by atoms with E-state index in [9.17, 15) is 14.4 Å². The van der Waals surface area contributed by atoms with Gasteiger partial charge < -0.3 is 20.1 Å². The summed E-state index contributed by atoms with van der Waals surface area (Å²) in [6.45, 7) is 0.640. The molecule has 1 aliphatic rings. The Morgan fingerprint density at radius 3 is 2.41 bits per heavy atom. The SMILES string of the molecule is COCCCN1C(=O)C(Nc2ccc(OC)cc2)=C(Sc2cccc(NC(=O)c3ccc(Cl)cc3Cl)c2)C1=O. The zero-order valence-electron chi connectivity index (χ0n) is 21.1. The lowest BCUT2D eigenvalue weighted by molar-refractivity contribution is -0.137. The standard InChI is InChI=1S/C28H25Cl2N3O5S/c1-37-14-4-13-33-27(35)24(31-18-8-10-20(38-2)11-9-18)25(28(33)36)39-21-6-3-5-19(16-21)32-26(34)22-12-7-17(29)15-23(22)30/h3,5-12,15-16,31H,4,13-14H2,1-2H3,(H,32,34). The molecule has 0 saturated heterocycles. The van der Waals surface area contributed by atoms with Crippen LogP contribution in [0.2, 0.25) is 10.0 Å². The van der Waals surface area contributed by atoms with Crippen molar-refractivity contribution in [2.45, 2.75) is 11.3 Å². The van der Waals surface area contributed by atoms with Crippen molar-refractivity contribution in [1.29, 1.82) is 0 Å². The van der Waals surface area contributed by atoms with Crippen LogP contribution in [0.5, 0.6) is 5.75 Å². The molecule has 3 amide bonds. The number of carbonyl (C=O) groups excluding carboxylic acids is 3. The van der Waals surface area contributed by atoms with Crippen LogP contribution in [0, 0.1) is 0 Å². The summed E-state index contributed by atoms with van der Waals surface area (Å²) < 4.78 is 10.3. The van der Waals surface area contributed by atoms with Crippen LogP contribution in [0.1, 0.15) is 16.8 Å². The monoisotopic (exact) mass is 585 g/mol. The van der Waals surface area contributed by atoms with Crippen molar-refractivity contribution in [3.63, 3.8) is 0 Å². The fraction of sp³-hybridized carbons (Fsp3) is 0.179. The second kappa shape index (κ2) is 13.0.